The highest BCUT2D eigenvalue weighted by molar-refractivity contribution is 6.06. The number of allylic oxidation sites excluding steroid dienone is 1. The molecule has 0 radical (unpaired) electrons. The van der Waals surface area contributed by atoms with E-state index in [4.69, 9.17) is 9.47 Å². The predicted octanol–water partition coefficient (Wildman–Crippen LogP) is 8.50. The Morgan fingerprint density at radius 3 is 1.97 bits per heavy atom. The highest BCUT2D eigenvalue weighted by Gasteiger charge is 2.10. The summed E-state index contributed by atoms with van der Waals surface area (Å²) in [7, 11) is 0. The van der Waals surface area contributed by atoms with Gasteiger partial charge in [-0.2, -0.15) is 0 Å². The molecule has 0 aliphatic rings. The van der Waals surface area contributed by atoms with Gasteiger partial charge in [-0.15, -0.1) is 0 Å². The third-order valence-electron chi connectivity index (χ3n) is 6.32. The van der Waals surface area contributed by atoms with Crippen LogP contribution >= 0.6 is 0 Å². The molecule has 0 fully saturated rings. The fourth-order valence-corrected chi connectivity index (χ4v) is 4.06. The minimum atomic E-state index is -0.457. The molecule has 0 unspecified atom stereocenters. The van der Waals surface area contributed by atoms with Gasteiger partial charge in [0.15, 0.2) is 5.78 Å². The number of rotatable bonds is 17. The second-order valence-electron chi connectivity index (χ2n) is 9.45. The molecule has 0 saturated heterocycles. The van der Waals surface area contributed by atoms with Gasteiger partial charge in [-0.25, -0.2) is 4.79 Å². The van der Waals surface area contributed by atoms with E-state index in [-0.39, 0.29) is 5.78 Å². The van der Waals surface area contributed by atoms with E-state index in [1.165, 1.54) is 63.9 Å². The summed E-state index contributed by atoms with van der Waals surface area (Å²) < 4.78 is 11.3. The lowest BCUT2D eigenvalue weighted by molar-refractivity contribution is 0.0734. The Balaban J connectivity index is 1.34. The monoisotopic (exact) mass is 513 g/mol. The molecule has 1 heterocycles. The van der Waals surface area contributed by atoms with Crippen molar-refractivity contribution in [2.75, 3.05) is 6.61 Å². The Bertz CT molecular complexity index is 1120. The summed E-state index contributed by atoms with van der Waals surface area (Å²) in [6.45, 7) is 2.94. The summed E-state index contributed by atoms with van der Waals surface area (Å²) >= 11 is 0. The van der Waals surface area contributed by atoms with Crippen molar-refractivity contribution in [1.82, 2.24) is 4.98 Å². The van der Waals surface area contributed by atoms with Gasteiger partial charge in [0.05, 0.1) is 12.2 Å². The van der Waals surface area contributed by atoms with E-state index in [1.807, 2.05) is 12.1 Å². The largest absolute Gasteiger partial charge is 0.494 e. The van der Waals surface area contributed by atoms with E-state index >= 15 is 0 Å². The van der Waals surface area contributed by atoms with Crippen LogP contribution in [-0.4, -0.2) is 23.3 Å². The Hall–Kier alpha value is -3.73. The number of ketones is 1. The molecule has 38 heavy (non-hydrogen) atoms. The molecule has 0 bridgehead atoms. The van der Waals surface area contributed by atoms with Crippen LogP contribution in [0.4, 0.5) is 0 Å². The first-order chi connectivity index (χ1) is 18.7. The lowest BCUT2D eigenvalue weighted by Gasteiger charge is -2.08. The molecule has 0 N–H and O–H groups in total. The SMILES string of the molecule is CCCCCCCCCCCCOc1ccc(C(=O)Oc2ccc(C(=O)/C=C/c3cccnc3)cc2)cc1. The second-order valence-corrected chi connectivity index (χ2v) is 9.45. The van der Waals surface area contributed by atoms with Gasteiger partial charge in [-0.3, -0.25) is 9.78 Å². The van der Waals surface area contributed by atoms with Gasteiger partial charge in [-0.1, -0.05) is 70.8 Å². The lowest BCUT2D eigenvalue weighted by Crippen LogP contribution is -2.08. The number of hydrogen-bond donors (Lipinski definition) is 0. The maximum atomic E-state index is 12.5. The van der Waals surface area contributed by atoms with Gasteiger partial charge >= 0.3 is 5.97 Å². The molecule has 0 amide bonds. The van der Waals surface area contributed by atoms with Crippen molar-refractivity contribution >= 4 is 17.8 Å². The van der Waals surface area contributed by atoms with E-state index in [1.54, 1.807) is 67.0 Å². The van der Waals surface area contributed by atoms with Crippen LogP contribution in [0.3, 0.4) is 0 Å². The number of carbonyl (C=O) groups is 2. The third-order valence-corrected chi connectivity index (χ3v) is 6.32. The van der Waals surface area contributed by atoms with Crippen LogP contribution in [0.2, 0.25) is 0 Å². The number of aromatic nitrogens is 1. The summed E-state index contributed by atoms with van der Waals surface area (Å²) in [6.07, 6.45) is 19.5. The summed E-state index contributed by atoms with van der Waals surface area (Å²) in [6, 6.07) is 17.2. The van der Waals surface area contributed by atoms with Gasteiger partial charge in [0, 0.05) is 18.0 Å². The van der Waals surface area contributed by atoms with Gasteiger partial charge in [0.2, 0.25) is 0 Å². The number of pyridine rings is 1. The molecule has 0 aliphatic carbocycles. The fourth-order valence-electron chi connectivity index (χ4n) is 4.06. The Labute approximate surface area is 226 Å². The number of carbonyl (C=O) groups excluding carboxylic acids is 2. The van der Waals surface area contributed by atoms with Crippen LogP contribution < -0.4 is 9.47 Å². The third kappa shape index (κ3) is 10.7. The number of ether oxygens (including phenoxy) is 2. The molecular formula is C33H39NO4. The maximum absolute atomic E-state index is 12.5. The van der Waals surface area contributed by atoms with E-state index in [0.717, 1.165) is 17.7 Å². The van der Waals surface area contributed by atoms with Crippen LogP contribution in [0.15, 0.2) is 79.1 Å². The summed E-state index contributed by atoms with van der Waals surface area (Å²) in [5, 5.41) is 0. The molecule has 0 spiro atoms. The van der Waals surface area contributed by atoms with E-state index in [9.17, 15) is 9.59 Å². The normalized spacial score (nSPS) is 11.0. The number of hydrogen-bond acceptors (Lipinski definition) is 5. The zero-order valence-electron chi connectivity index (χ0n) is 22.4. The minimum Gasteiger partial charge on any atom is -0.494 e. The summed E-state index contributed by atoms with van der Waals surface area (Å²) in [4.78, 5) is 28.9. The molecule has 0 saturated carbocycles. The molecule has 2 aromatic carbocycles. The van der Waals surface area contributed by atoms with Crippen molar-refractivity contribution in [3.63, 3.8) is 0 Å². The molecule has 1 aromatic heterocycles. The van der Waals surface area contributed by atoms with E-state index in [2.05, 4.69) is 11.9 Å². The van der Waals surface area contributed by atoms with Crippen molar-refractivity contribution in [1.29, 1.82) is 0 Å². The first-order valence-corrected chi connectivity index (χ1v) is 13.8. The van der Waals surface area contributed by atoms with Crippen LogP contribution in [0, 0.1) is 0 Å². The van der Waals surface area contributed by atoms with E-state index in [0.29, 0.717) is 23.5 Å². The van der Waals surface area contributed by atoms with Crippen LogP contribution in [-0.2, 0) is 0 Å². The number of unbranched alkanes of at least 4 members (excludes halogenated alkanes) is 9. The Morgan fingerprint density at radius 1 is 0.737 bits per heavy atom. The highest BCUT2D eigenvalue weighted by Crippen LogP contribution is 2.18. The summed E-state index contributed by atoms with van der Waals surface area (Å²) in [5.41, 5.74) is 1.80. The molecule has 5 nitrogen and oxygen atoms in total. The van der Waals surface area contributed by atoms with Crippen molar-refractivity contribution in [3.05, 3.63) is 95.8 Å². The average Bonchev–Trinajstić information content (AvgIpc) is 2.96. The minimum absolute atomic E-state index is 0.139. The van der Waals surface area contributed by atoms with Gasteiger partial charge in [-0.05, 0) is 78.7 Å². The smallest absolute Gasteiger partial charge is 0.343 e. The molecule has 200 valence electrons. The van der Waals surface area contributed by atoms with Gasteiger partial charge < -0.3 is 9.47 Å². The number of nitrogens with zero attached hydrogens (tertiary/aromatic N) is 1. The maximum Gasteiger partial charge on any atom is 0.343 e. The van der Waals surface area contributed by atoms with Crippen LogP contribution in [0.5, 0.6) is 11.5 Å². The Morgan fingerprint density at radius 2 is 1.34 bits per heavy atom. The molecular weight excluding hydrogens is 474 g/mol. The average molecular weight is 514 g/mol. The zero-order valence-corrected chi connectivity index (χ0v) is 22.4. The first-order valence-electron chi connectivity index (χ1n) is 13.8. The second kappa shape index (κ2) is 16.9. The van der Waals surface area contributed by atoms with E-state index < -0.39 is 5.97 Å². The quantitative estimate of drug-likeness (QED) is 0.0595. The Kier molecular flexibility index (Phi) is 12.8. The van der Waals surface area contributed by atoms with Crippen molar-refractivity contribution in [2.24, 2.45) is 0 Å². The van der Waals surface area contributed by atoms with Crippen LogP contribution in [0.1, 0.15) is 97.4 Å². The zero-order chi connectivity index (χ0) is 26.8. The van der Waals surface area contributed by atoms with Crippen molar-refractivity contribution in [2.45, 2.75) is 71.1 Å². The lowest BCUT2D eigenvalue weighted by atomic mass is 10.1. The van der Waals surface area contributed by atoms with Crippen LogP contribution in [0.25, 0.3) is 6.08 Å². The van der Waals surface area contributed by atoms with Gasteiger partial charge in [0.1, 0.15) is 11.5 Å². The molecule has 3 aromatic rings. The molecule has 5 heteroatoms. The predicted molar refractivity (Wildman–Crippen MR) is 153 cm³/mol. The topological polar surface area (TPSA) is 65.5 Å². The number of benzene rings is 2. The number of esters is 1. The van der Waals surface area contributed by atoms with Gasteiger partial charge in [0.25, 0.3) is 0 Å². The van der Waals surface area contributed by atoms with Crippen molar-refractivity contribution in [3.8, 4) is 11.5 Å². The molecule has 3 rings (SSSR count). The van der Waals surface area contributed by atoms with Crippen molar-refractivity contribution < 1.29 is 19.1 Å². The first kappa shape index (κ1) is 28.8. The fraction of sp³-hybridized carbons (Fsp3) is 0.364. The highest BCUT2D eigenvalue weighted by atomic mass is 16.5. The summed E-state index contributed by atoms with van der Waals surface area (Å²) in [5.74, 6) is 0.533. The molecule has 0 aliphatic heterocycles. The molecule has 0 atom stereocenters. The standard InChI is InChI=1S/C33H39NO4/c1-2-3-4-5-6-7-8-9-10-11-25-37-30-19-17-29(18-20-30)33(36)38-31-21-15-28(16-22-31)32(35)23-14-27-13-12-24-34-26-27/h12-24,26H,2-11,25H2,1H3/b23-14+.